The molecule has 2 aromatic rings. The van der Waals surface area contributed by atoms with Gasteiger partial charge in [0, 0.05) is 16.6 Å². The lowest BCUT2D eigenvalue weighted by Crippen LogP contribution is -2.03. The summed E-state index contributed by atoms with van der Waals surface area (Å²) in [6, 6.07) is 6.04. The molecule has 5 nitrogen and oxygen atoms in total. The zero-order valence-corrected chi connectivity index (χ0v) is 13.0. The molecule has 0 bridgehead atoms. The van der Waals surface area contributed by atoms with Crippen molar-refractivity contribution in [2.45, 2.75) is 31.0 Å². The third-order valence-corrected chi connectivity index (χ3v) is 4.49. The predicted molar refractivity (Wildman–Crippen MR) is 81.8 cm³/mol. The molecule has 1 saturated carbocycles. The van der Waals surface area contributed by atoms with E-state index in [1.165, 1.54) is 11.8 Å². The van der Waals surface area contributed by atoms with Crippen molar-refractivity contribution in [2.24, 2.45) is 0 Å². The van der Waals surface area contributed by atoms with Crippen molar-refractivity contribution in [2.75, 3.05) is 5.75 Å². The molecule has 3 rings (SSSR count). The number of aliphatic carboxylic acids is 1. The molecule has 0 unspecified atom stereocenters. The minimum absolute atomic E-state index is 0.00947. The smallest absolute Gasteiger partial charge is 0.313 e. The molecule has 0 radical (unpaired) electrons. The first kappa shape index (κ1) is 14.4. The van der Waals surface area contributed by atoms with Crippen molar-refractivity contribution in [3.05, 3.63) is 28.8 Å². The number of carboxylic acids is 1. The van der Waals surface area contributed by atoms with Gasteiger partial charge >= 0.3 is 5.97 Å². The van der Waals surface area contributed by atoms with Gasteiger partial charge in [-0.3, -0.25) is 9.36 Å². The maximum Gasteiger partial charge on any atom is 0.313 e. The monoisotopic (exact) mass is 323 g/mol. The Balaban J connectivity index is 2.00. The van der Waals surface area contributed by atoms with E-state index in [-0.39, 0.29) is 5.75 Å². The number of nitrogens with zero attached hydrogens (tertiary/aromatic N) is 3. The highest BCUT2D eigenvalue weighted by Crippen LogP contribution is 2.41. The molecule has 0 amide bonds. The molecule has 0 spiro atoms. The summed E-state index contributed by atoms with van der Waals surface area (Å²) in [4.78, 5) is 10.7. The summed E-state index contributed by atoms with van der Waals surface area (Å²) in [6.07, 6.45) is 2.16. The minimum Gasteiger partial charge on any atom is -0.481 e. The van der Waals surface area contributed by atoms with Gasteiger partial charge in [-0.15, -0.1) is 10.2 Å². The Morgan fingerprint density at radius 3 is 2.86 bits per heavy atom. The van der Waals surface area contributed by atoms with Gasteiger partial charge in [-0.2, -0.15) is 0 Å². The van der Waals surface area contributed by atoms with Crippen LogP contribution in [0.1, 0.15) is 24.4 Å². The van der Waals surface area contributed by atoms with Crippen LogP contribution in [0.5, 0.6) is 0 Å². The third kappa shape index (κ3) is 3.06. The number of carboxylic acid groups (broad SMARTS) is 1. The normalized spacial score (nSPS) is 14.4. The van der Waals surface area contributed by atoms with Gasteiger partial charge in [-0.25, -0.2) is 0 Å². The Morgan fingerprint density at radius 2 is 2.24 bits per heavy atom. The Kier molecular flexibility index (Phi) is 3.91. The van der Waals surface area contributed by atoms with Gasteiger partial charge in [0.05, 0.1) is 5.75 Å². The lowest BCUT2D eigenvalue weighted by Gasteiger charge is -2.10. The molecule has 1 aromatic carbocycles. The molecule has 1 fully saturated rings. The first-order valence-electron chi connectivity index (χ1n) is 6.62. The lowest BCUT2D eigenvalue weighted by atomic mass is 10.1. The van der Waals surface area contributed by atoms with E-state index in [4.69, 9.17) is 16.7 Å². The summed E-state index contributed by atoms with van der Waals surface area (Å²) in [5.74, 6) is -0.0705. The van der Waals surface area contributed by atoms with Crippen LogP contribution in [0.4, 0.5) is 0 Å². The van der Waals surface area contributed by atoms with Crippen LogP contribution in [0.15, 0.2) is 23.4 Å². The molecular formula is C14H14ClN3O2S. The van der Waals surface area contributed by atoms with E-state index in [1.807, 2.05) is 25.1 Å². The van der Waals surface area contributed by atoms with Crippen LogP contribution >= 0.6 is 23.4 Å². The summed E-state index contributed by atoms with van der Waals surface area (Å²) in [5, 5.41) is 18.6. The molecule has 0 atom stereocenters. The summed E-state index contributed by atoms with van der Waals surface area (Å²) < 4.78 is 2.06. The number of rotatable bonds is 5. The Hall–Kier alpha value is -1.53. The maximum absolute atomic E-state index is 10.7. The topological polar surface area (TPSA) is 68.0 Å². The SMILES string of the molecule is Cc1cc(Cl)ccc1-c1nnc(SCC(=O)O)n1C1CC1. The van der Waals surface area contributed by atoms with Crippen LogP contribution in [-0.4, -0.2) is 31.6 Å². The van der Waals surface area contributed by atoms with Gasteiger partial charge in [-0.05, 0) is 43.5 Å². The molecule has 1 N–H and O–H groups in total. The highest BCUT2D eigenvalue weighted by Gasteiger charge is 2.30. The van der Waals surface area contributed by atoms with E-state index in [1.54, 1.807) is 0 Å². The fourth-order valence-corrected chi connectivity index (χ4v) is 3.18. The van der Waals surface area contributed by atoms with Gasteiger partial charge in [-0.1, -0.05) is 23.4 Å². The quantitative estimate of drug-likeness (QED) is 0.854. The fraction of sp³-hybridized carbons (Fsp3) is 0.357. The van der Waals surface area contributed by atoms with Crippen LogP contribution < -0.4 is 0 Å². The highest BCUT2D eigenvalue weighted by molar-refractivity contribution is 7.99. The molecule has 7 heteroatoms. The second-order valence-corrected chi connectivity index (χ2v) is 6.43. The number of aromatic nitrogens is 3. The number of carbonyl (C=O) groups is 1. The van der Waals surface area contributed by atoms with Crippen molar-refractivity contribution < 1.29 is 9.90 Å². The second-order valence-electron chi connectivity index (χ2n) is 5.05. The van der Waals surface area contributed by atoms with E-state index in [0.717, 1.165) is 29.8 Å². The van der Waals surface area contributed by atoms with Crippen molar-refractivity contribution >= 4 is 29.3 Å². The number of thioether (sulfide) groups is 1. The average molecular weight is 324 g/mol. The van der Waals surface area contributed by atoms with Gasteiger partial charge in [0.2, 0.25) is 0 Å². The molecule has 0 saturated heterocycles. The Bertz CT molecular complexity index is 698. The van der Waals surface area contributed by atoms with E-state index in [9.17, 15) is 4.79 Å². The van der Waals surface area contributed by atoms with Gasteiger partial charge in [0.1, 0.15) is 0 Å². The number of hydrogen-bond donors (Lipinski definition) is 1. The summed E-state index contributed by atoms with van der Waals surface area (Å²) in [5.41, 5.74) is 2.02. The van der Waals surface area contributed by atoms with E-state index < -0.39 is 5.97 Å². The number of hydrogen-bond acceptors (Lipinski definition) is 4. The molecule has 1 aliphatic carbocycles. The summed E-state index contributed by atoms with van der Waals surface area (Å²) in [7, 11) is 0. The first-order chi connectivity index (χ1) is 10.1. The minimum atomic E-state index is -0.852. The van der Waals surface area contributed by atoms with Crippen LogP contribution in [0.3, 0.4) is 0 Å². The standard InChI is InChI=1S/C14H14ClN3O2S/c1-8-6-9(15)2-5-11(8)13-16-17-14(21-7-12(19)20)18(13)10-3-4-10/h2,5-6,10H,3-4,7H2,1H3,(H,19,20). The fourth-order valence-electron chi connectivity index (χ4n) is 2.23. The maximum atomic E-state index is 10.7. The number of halogens is 1. The lowest BCUT2D eigenvalue weighted by molar-refractivity contribution is -0.133. The van der Waals surface area contributed by atoms with Crippen molar-refractivity contribution in [3.8, 4) is 11.4 Å². The van der Waals surface area contributed by atoms with E-state index in [2.05, 4.69) is 14.8 Å². The number of aryl methyl sites for hydroxylation is 1. The Morgan fingerprint density at radius 1 is 1.48 bits per heavy atom. The van der Waals surface area contributed by atoms with Crippen LogP contribution in [0.25, 0.3) is 11.4 Å². The molecule has 0 aliphatic heterocycles. The zero-order chi connectivity index (χ0) is 15.0. The molecule has 21 heavy (non-hydrogen) atoms. The van der Waals surface area contributed by atoms with Crippen LogP contribution in [-0.2, 0) is 4.79 Å². The van der Waals surface area contributed by atoms with Gasteiger partial charge in [0.15, 0.2) is 11.0 Å². The largest absolute Gasteiger partial charge is 0.481 e. The van der Waals surface area contributed by atoms with Crippen LogP contribution in [0.2, 0.25) is 5.02 Å². The molecular weight excluding hydrogens is 310 g/mol. The average Bonchev–Trinajstić information content (AvgIpc) is 3.17. The first-order valence-corrected chi connectivity index (χ1v) is 7.98. The Labute approximate surface area is 131 Å². The summed E-state index contributed by atoms with van der Waals surface area (Å²) >= 11 is 7.21. The summed E-state index contributed by atoms with van der Waals surface area (Å²) in [6.45, 7) is 1.98. The van der Waals surface area contributed by atoms with Crippen molar-refractivity contribution in [1.29, 1.82) is 0 Å². The van der Waals surface area contributed by atoms with Crippen LogP contribution in [0, 0.1) is 6.92 Å². The molecule has 1 heterocycles. The zero-order valence-electron chi connectivity index (χ0n) is 11.4. The van der Waals surface area contributed by atoms with Crippen molar-refractivity contribution in [1.82, 2.24) is 14.8 Å². The number of benzene rings is 1. The van der Waals surface area contributed by atoms with E-state index >= 15 is 0 Å². The molecule has 110 valence electrons. The predicted octanol–water partition coefficient (Wildman–Crippen LogP) is 3.42. The third-order valence-electron chi connectivity index (χ3n) is 3.33. The highest BCUT2D eigenvalue weighted by atomic mass is 35.5. The molecule has 1 aliphatic rings. The van der Waals surface area contributed by atoms with Gasteiger partial charge in [0.25, 0.3) is 0 Å². The molecule has 1 aromatic heterocycles. The van der Waals surface area contributed by atoms with Crippen molar-refractivity contribution in [3.63, 3.8) is 0 Å². The second kappa shape index (κ2) is 5.69. The van der Waals surface area contributed by atoms with Gasteiger partial charge < -0.3 is 5.11 Å². The van der Waals surface area contributed by atoms with E-state index in [0.29, 0.717) is 16.2 Å².